The fourth-order valence-electron chi connectivity index (χ4n) is 2.68. The number of aliphatic hydroxyl groups is 1. The maximum atomic E-state index is 10.4. The van der Waals surface area contributed by atoms with Crippen molar-refractivity contribution in [2.75, 3.05) is 7.11 Å². The van der Waals surface area contributed by atoms with Crippen LogP contribution in [0.4, 0.5) is 0 Å². The Morgan fingerprint density at radius 1 is 1.29 bits per heavy atom. The number of halogens is 1. The summed E-state index contributed by atoms with van der Waals surface area (Å²) in [5.41, 5.74) is 0.768. The SMILES string of the molecule is COC1(C(O)Cc2ccc(Cl)cc2)CCCC1. The molecule has 0 radical (unpaired) electrons. The van der Waals surface area contributed by atoms with E-state index >= 15 is 0 Å². The number of ether oxygens (including phenoxy) is 1. The molecule has 1 fully saturated rings. The third-order valence-electron chi connectivity index (χ3n) is 3.81. The zero-order chi connectivity index (χ0) is 12.3. The van der Waals surface area contributed by atoms with Gasteiger partial charge >= 0.3 is 0 Å². The van der Waals surface area contributed by atoms with Crippen molar-refractivity contribution in [2.24, 2.45) is 0 Å². The van der Waals surface area contributed by atoms with Crippen LogP contribution in [0.25, 0.3) is 0 Å². The van der Waals surface area contributed by atoms with E-state index in [4.69, 9.17) is 16.3 Å². The van der Waals surface area contributed by atoms with Crippen LogP contribution in [0, 0.1) is 0 Å². The van der Waals surface area contributed by atoms with Gasteiger partial charge in [-0.25, -0.2) is 0 Å². The van der Waals surface area contributed by atoms with Gasteiger partial charge in [-0.15, -0.1) is 0 Å². The highest BCUT2D eigenvalue weighted by molar-refractivity contribution is 6.30. The third kappa shape index (κ3) is 2.82. The molecule has 0 bridgehead atoms. The van der Waals surface area contributed by atoms with Crippen molar-refractivity contribution in [3.63, 3.8) is 0 Å². The van der Waals surface area contributed by atoms with Gasteiger partial charge in [-0.3, -0.25) is 0 Å². The van der Waals surface area contributed by atoms with Crippen LogP contribution < -0.4 is 0 Å². The van der Waals surface area contributed by atoms with E-state index in [0.29, 0.717) is 6.42 Å². The molecule has 2 rings (SSSR count). The summed E-state index contributed by atoms with van der Waals surface area (Å²) in [4.78, 5) is 0. The Balaban J connectivity index is 2.05. The van der Waals surface area contributed by atoms with E-state index < -0.39 is 6.10 Å². The monoisotopic (exact) mass is 254 g/mol. The smallest absolute Gasteiger partial charge is 0.0939 e. The molecular formula is C14H19ClO2. The minimum atomic E-state index is -0.434. The van der Waals surface area contributed by atoms with Crippen LogP contribution in [0.5, 0.6) is 0 Å². The third-order valence-corrected chi connectivity index (χ3v) is 4.06. The summed E-state index contributed by atoms with van der Waals surface area (Å²) in [6, 6.07) is 7.64. The first-order valence-electron chi connectivity index (χ1n) is 6.14. The molecule has 1 atom stereocenters. The zero-order valence-electron chi connectivity index (χ0n) is 10.2. The molecule has 0 spiro atoms. The zero-order valence-corrected chi connectivity index (χ0v) is 10.9. The van der Waals surface area contributed by atoms with Gasteiger partial charge in [0.15, 0.2) is 0 Å². The number of benzene rings is 1. The van der Waals surface area contributed by atoms with Gasteiger partial charge in [0.25, 0.3) is 0 Å². The number of rotatable bonds is 4. The molecule has 1 aromatic rings. The van der Waals surface area contributed by atoms with Crippen LogP contribution in [0.15, 0.2) is 24.3 Å². The molecule has 0 amide bonds. The molecule has 1 unspecified atom stereocenters. The molecule has 1 N–H and O–H groups in total. The Bertz CT molecular complexity index is 355. The predicted molar refractivity (Wildman–Crippen MR) is 69.4 cm³/mol. The topological polar surface area (TPSA) is 29.5 Å². The molecule has 2 nitrogen and oxygen atoms in total. The van der Waals surface area contributed by atoms with E-state index in [1.165, 1.54) is 0 Å². The summed E-state index contributed by atoms with van der Waals surface area (Å²) in [5.74, 6) is 0. The van der Waals surface area contributed by atoms with E-state index in [2.05, 4.69) is 0 Å². The van der Waals surface area contributed by atoms with E-state index in [1.807, 2.05) is 24.3 Å². The highest BCUT2D eigenvalue weighted by Gasteiger charge is 2.40. The average Bonchev–Trinajstić information content (AvgIpc) is 2.82. The molecule has 3 heteroatoms. The van der Waals surface area contributed by atoms with Gasteiger partial charge in [-0.05, 0) is 30.5 Å². The van der Waals surface area contributed by atoms with Gasteiger partial charge in [-0.2, -0.15) is 0 Å². The highest BCUT2D eigenvalue weighted by Crippen LogP contribution is 2.36. The lowest BCUT2D eigenvalue weighted by atomic mass is 9.90. The molecule has 1 aliphatic carbocycles. The summed E-state index contributed by atoms with van der Waals surface area (Å²) in [7, 11) is 1.70. The van der Waals surface area contributed by atoms with Crippen molar-refractivity contribution in [2.45, 2.75) is 43.8 Å². The summed E-state index contributed by atoms with van der Waals surface area (Å²) >= 11 is 5.84. The molecule has 0 heterocycles. The van der Waals surface area contributed by atoms with Gasteiger partial charge in [0, 0.05) is 18.6 Å². The number of hydrogen-bond donors (Lipinski definition) is 1. The first kappa shape index (κ1) is 12.9. The van der Waals surface area contributed by atoms with E-state index in [1.54, 1.807) is 7.11 Å². The Kier molecular flexibility index (Phi) is 4.08. The Hall–Kier alpha value is -0.570. The van der Waals surface area contributed by atoms with Crippen molar-refractivity contribution in [1.82, 2.24) is 0 Å². The normalized spacial score (nSPS) is 20.4. The van der Waals surface area contributed by atoms with Crippen LogP contribution in [-0.2, 0) is 11.2 Å². The summed E-state index contributed by atoms with van der Waals surface area (Å²) in [6.45, 7) is 0. The van der Waals surface area contributed by atoms with Gasteiger partial charge in [-0.1, -0.05) is 36.6 Å². The minimum absolute atomic E-state index is 0.334. The summed E-state index contributed by atoms with van der Waals surface area (Å²) in [6.07, 6.45) is 4.40. The predicted octanol–water partition coefficient (Wildman–Crippen LogP) is 3.20. The molecule has 1 aliphatic rings. The molecule has 0 saturated heterocycles. The van der Waals surface area contributed by atoms with Crippen molar-refractivity contribution < 1.29 is 9.84 Å². The van der Waals surface area contributed by atoms with E-state index in [9.17, 15) is 5.11 Å². The fraction of sp³-hybridized carbons (Fsp3) is 0.571. The molecule has 94 valence electrons. The molecule has 0 aromatic heterocycles. The number of hydrogen-bond acceptors (Lipinski definition) is 2. The second-order valence-electron chi connectivity index (χ2n) is 4.82. The van der Waals surface area contributed by atoms with Crippen molar-refractivity contribution in [3.05, 3.63) is 34.9 Å². The van der Waals surface area contributed by atoms with Gasteiger partial charge < -0.3 is 9.84 Å². The molecule has 0 aliphatic heterocycles. The first-order chi connectivity index (χ1) is 8.16. The lowest BCUT2D eigenvalue weighted by molar-refractivity contribution is -0.0971. The average molecular weight is 255 g/mol. The molecule has 1 saturated carbocycles. The highest BCUT2D eigenvalue weighted by atomic mass is 35.5. The second kappa shape index (κ2) is 5.38. The van der Waals surface area contributed by atoms with Gasteiger partial charge in [0.2, 0.25) is 0 Å². The largest absolute Gasteiger partial charge is 0.390 e. The van der Waals surface area contributed by atoms with E-state index in [0.717, 1.165) is 36.3 Å². The van der Waals surface area contributed by atoms with Crippen LogP contribution in [0.3, 0.4) is 0 Å². The lowest BCUT2D eigenvalue weighted by Crippen LogP contribution is -2.42. The fourth-order valence-corrected chi connectivity index (χ4v) is 2.80. The van der Waals surface area contributed by atoms with Crippen LogP contribution in [0.2, 0.25) is 5.02 Å². The number of aliphatic hydroxyl groups excluding tert-OH is 1. The Morgan fingerprint density at radius 2 is 1.88 bits per heavy atom. The Morgan fingerprint density at radius 3 is 2.41 bits per heavy atom. The van der Waals surface area contributed by atoms with Crippen LogP contribution in [0.1, 0.15) is 31.2 Å². The minimum Gasteiger partial charge on any atom is -0.390 e. The van der Waals surface area contributed by atoms with Gasteiger partial charge in [0.05, 0.1) is 11.7 Å². The molecular weight excluding hydrogens is 236 g/mol. The maximum absolute atomic E-state index is 10.4. The first-order valence-corrected chi connectivity index (χ1v) is 6.52. The van der Waals surface area contributed by atoms with E-state index in [-0.39, 0.29) is 5.60 Å². The molecule has 1 aromatic carbocycles. The second-order valence-corrected chi connectivity index (χ2v) is 5.26. The summed E-state index contributed by atoms with van der Waals surface area (Å²) < 4.78 is 5.58. The number of methoxy groups -OCH3 is 1. The summed E-state index contributed by atoms with van der Waals surface area (Å²) in [5, 5.41) is 11.1. The Labute approximate surface area is 108 Å². The quantitative estimate of drug-likeness (QED) is 0.894. The van der Waals surface area contributed by atoms with Crippen LogP contribution in [-0.4, -0.2) is 23.9 Å². The molecule has 17 heavy (non-hydrogen) atoms. The standard InChI is InChI=1S/C14H19ClO2/c1-17-14(8-2-3-9-14)13(16)10-11-4-6-12(15)7-5-11/h4-7,13,16H,2-3,8-10H2,1H3. The lowest BCUT2D eigenvalue weighted by Gasteiger charge is -2.33. The van der Waals surface area contributed by atoms with Crippen molar-refractivity contribution in [3.8, 4) is 0 Å². The van der Waals surface area contributed by atoms with Crippen molar-refractivity contribution in [1.29, 1.82) is 0 Å². The van der Waals surface area contributed by atoms with Gasteiger partial charge in [0.1, 0.15) is 0 Å². The van der Waals surface area contributed by atoms with Crippen molar-refractivity contribution >= 4 is 11.6 Å². The maximum Gasteiger partial charge on any atom is 0.0939 e. The van der Waals surface area contributed by atoms with Crippen LogP contribution >= 0.6 is 11.6 Å².